The number of hydrogen-bond donors (Lipinski definition) is 1. The Morgan fingerprint density at radius 3 is 2.06 bits per heavy atom. The molecule has 10 nitrogen and oxygen atoms in total. The van der Waals surface area contributed by atoms with E-state index in [0.29, 0.717) is 0 Å². The fraction of sp³-hybridized carbons (Fsp3) is 0.400. The fourth-order valence-corrected chi connectivity index (χ4v) is 3.91. The molecule has 0 radical (unpaired) electrons. The summed E-state index contributed by atoms with van der Waals surface area (Å²) in [6.45, 7) is -0.0565. The number of ether oxygens (including phenoxy) is 1. The van der Waals surface area contributed by atoms with E-state index in [9.17, 15) is 36.7 Å². The number of halogens is 4. The number of hydrogen-bond acceptors (Lipinski definition) is 6. The van der Waals surface area contributed by atoms with Crippen molar-refractivity contribution in [1.82, 2.24) is 15.3 Å². The van der Waals surface area contributed by atoms with E-state index >= 15 is 0 Å². The average molecular weight is 485 g/mol. The average Bonchev–Trinajstić information content (AvgIpc) is 3.01. The minimum Gasteiger partial charge on any atom is -0.411 e. The number of amides is 4. The maximum Gasteiger partial charge on any atom is 0.419 e. The van der Waals surface area contributed by atoms with E-state index in [4.69, 9.17) is 4.74 Å². The summed E-state index contributed by atoms with van der Waals surface area (Å²) < 4.78 is 59.4. The molecule has 0 aliphatic carbocycles. The Labute approximate surface area is 190 Å². The summed E-state index contributed by atoms with van der Waals surface area (Å²) in [6.07, 6.45) is -3.34. The zero-order valence-electron chi connectivity index (χ0n) is 17.6. The molecule has 0 atom stereocenters. The van der Waals surface area contributed by atoms with Crippen LogP contribution in [0.1, 0.15) is 12.8 Å². The van der Waals surface area contributed by atoms with Crippen molar-refractivity contribution in [2.24, 2.45) is 0 Å². The van der Waals surface area contributed by atoms with Crippen LogP contribution in [0.15, 0.2) is 24.1 Å². The first-order chi connectivity index (χ1) is 16.2. The van der Waals surface area contributed by atoms with Gasteiger partial charge >= 0.3 is 12.5 Å². The van der Waals surface area contributed by atoms with Crippen LogP contribution in [0.5, 0.6) is 0 Å². The molecule has 1 aromatic carbocycles. The van der Waals surface area contributed by atoms with Crippen molar-refractivity contribution in [3.8, 4) is 0 Å². The lowest BCUT2D eigenvalue weighted by Gasteiger charge is -2.36. The van der Waals surface area contributed by atoms with Crippen LogP contribution >= 0.6 is 0 Å². The number of hydrazine groups is 1. The zero-order valence-corrected chi connectivity index (χ0v) is 17.6. The van der Waals surface area contributed by atoms with Gasteiger partial charge in [0.1, 0.15) is 11.4 Å². The molecule has 3 saturated heterocycles. The number of cyclic esters (lactones) is 1. The molecule has 0 aromatic heterocycles. The standard InChI is InChI=1S/C20H19F4N5O5/c21-13-7-11(27-10-12(34-20(27)33)9-25-19(32)18(23)24)8-14(22)17(13)26-3-5-28-15(30)1-2-16(31)29(28)6-4-26/h7-9,18H,1-6,10H2,(H,25,32)/b12-9-. The lowest BCUT2D eigenvalue weighted by molar-refractivity contribution is -0.169. The van der Waals surface area contributed by atoms with Crippen molar-refractivity contribution in [3.63, 3.8) is 0 Å². The SMILES string of the molecule is O=C(N/C=C1/CN(c2cc(F)c(N3CCN4C(=O)CCC(=O)N4CC3)c(F)c2)C(=O)O1)C(F)F. The lowest BCUT2D eigenvalue weighted by Crippen LogP contribution is -2.53. The predicted molar refractivity (Wildman–Crippen MR) is 107 cm³/mol. The molecule has 3 heterocycles. The Balaban J connectivity index is 1.51. The Hall–Kier alpha value is -3.84. The number of fused-ring (bicyclic) bond motifs is 1. The predicted octanol–water partition coefficient (Wildman–Crippen LogP) is 1.33. The van der Waals surface area contributed by atoms with Crippen LogP contribution in [-0.4, -0.2) is 73.0 Å². The minimum absolute atomic E-state index is 0.0716. The van der Waals surface area contributed by atoms with Crippen LogP contribution in [0.25, 0.3) is 0 Å². The molecule has 0 bridgehead atoms. The number of rotatable bonds is 4. The monoisotopic (exact) mass is 485 g/mol. The topological polar surface area (TPSA) is 103 Å². The van der Waals surface area contributed by atoms with Gasteiger partial charge in [0, 0.05) is 44.3 Å². The second-order valence-electron chi connectivity index (χ2n) is 7.65. The highest BCUT2D eigenvalue weighted by Crippen LogP contribution is 2.32. The summed E-state index contributed by atoms with van der Waals surface area (Å²) in [5.41, 5.74) is -0.564. The quantitative estimate of drug-likeness (QED) is 0.646. The van der Waals surface area contributed by atoms with Crippen LogP contribution in [0.4, 0.5) is 33.7 Å². The first-order valence-corrected chi connectivity index (χ1v) is 10.3. The number of nitrogens with one attached hydrogen (secondary N) is 1. The molecular weight excluding hydrogens is 466 g/mol. The third-order valence-corrected chi connectivity index (χ3v) is 5.54. The molecule has 3 aliphatic heterocycles. The van der Waals surface area contributed by atoms with E-state index in [1.165, 1.54) is 14.9 Å². The Bertz CT molecular complexity index is 1030. The number of nitrogens with zero attached hydrogens (tertiary/aromatic N) is 4. The highest BCUT2D eigenvalue weighted by molar-refractivity contribution is 5.92. The normalized spacial score (nSPS) is 20.1. The molecule has 0 saturated carbocycles. The molecular formula is C20H19F4N5O5. The highest BCUT2D eigenvalue weighted by atomic mass is 19.3. The molecule has 4 amide bonds. The lowest BCUT2D eigenvalue weighted by atomic mass is 10.2. The minimum atomic E-state index is -3.27. The number of alkyl halides is 2. The number of carbonyl (C=O) groups is 4. The van der Waals surface area contributed by atoms with Crippen LogP contribution in [0.2, 0.25) is 0 Å². The van der Waals surface area contributed by atoms with Gasteiger partial charge in [0.05, 0.1) is 25.3 Å². The van der Waals surface area contributed by atoms with E-state index in [-0.39, 0.29) is 74.5 Å². The van der Waals surface area contributed by atoms with Gasteiger partial charge in [-0.1, -0.05) is 0 Å². The Morgan fingerprint density at radius 2 is 1.53 bits per heavy atom. The van der Waals surface area contributed by atoms with Gasteiger partial charge < -0.3 is 15.0 Å². The van der Waals surface area contributed by atoms with E-state index in [0.717, 1.165) is 23.2 Å². The van der Waals surface area contributed by atoms with Gasteiger partial charge in [0.25, 0.3) is 5.91 Å². The van der Waals surface area contributed by atoms with E-state index in [1.54, 1.807) is 5.32 Å². The van der Waals surface area contributed by atoms with Crippen molar-refractivity contribution in [2.45, 2.75) is 19.3 Å². The van der Waals surface area contributed by atoms with E-state index in [2.05, 4.69) is 0 Å². The molecule has 3 aliphatic rings. The van der Waals surface area contributed by atoms with Gasteiger partial charge in [-0.2, -0.15) is 8.78 Å². The van der Waals surface area contributed by atoms with E-state index in [1.807, 2.05) is 0 Å². The fourth-order valence-electron chi connectivity index (χ4n) is 3.91. The third kappa shape index (κ3) is 4.47. The van der Waals surface area contributed by atoms with Crippen molar-refractivity contribution in [2.75, 3.05) is 42.5 Å². The largest absolute Gasteiger partial charge is 0.419 e. The number of carbonyl (C=O) groups excluding carboxylic acids is 4. The molecule has 34 heavy (non-hydrogen) atoms. The van der Waals surface area contributed by atoms with Gasteiger partial charge in [-0.05, 0) is 0 Å². The van der Waals surface area contributed by atoms with Crippen LogP contribution in [0.3, 0.4) is 0 Å². The van der Waals surface area contributed by atoms with Crippen LogP contribution < -0.4 is 15.1 Å². The van der Waals surface area contributed by atoms with Gasteiger partial charge in [-0.3, -0.25) is 19.3 Å². The summed E-state index contributed by atoms with van der Waals surface area (Å²) >= 11 is 0. The molecule has 0 spiro atoms. The molecule has 0 unspecified atom stereocenters. The molecule has 1 aromatic rings. The van der Waals surface area contributed by atoms with Gasteiger partial charge in [-0.25, -0.2) is 23.6 Å². The third-order valence-electron chi connectivity index (χ3n) is 5.54. The second-order valence-corrected chi connectivity index (χ2v) is 7.65. The first-order valence-electron chi connectivity index (χ1n) is 10.3. The smallest absolute Gasteiger partial charge is 0.411 e. The molecule has 14 heteroatoms. The zero-order chi connectivity index (χ0) is 24.6. The summed E-state index contributed by atoms with van der Waals surface area (Å²) in [6, 6.07) is 1.82. The highest BCUT2D eigenvalue weighted by Gasteiger charge is 2.35. The van der Waals surface area contributed by atoms with Gasteiger partial charge in [0.2, 0.25) is 11.8 Å². The summed E-state index contributed by atoms with van der Waals surface area (Å²) in [5.74, 6) is -4.25. The van der Waals surface area contributed by atoms with Crippen LogP contribution in [-0.2, 0) is 19.1 Å². The maximum absolute atomic E-state index is 15.0. The van der Waals surface area contributed by atoms with E-state index < -0.39 is 30.1 Å². The van der Waals surface area contributed by atoms with Crippen molar-refractivity contribution < 1.29 is 41.5 Å². The van der Waals surface area contributed by atoms with Crippen molar-refractivity contribution >= 4 is 35.2 Å². The second kappa shape index (κ2) is 9.19. The first kappa shape index (κ1) is 23.3. The number of anilines is 2. The van der Waals surface area contributed by atoms with Gasteiger partial charge in [0.15, 0.2) is 11.6 Å². The summed E-state index contributed by atoms with van der Waals surface area (Å²) in [5, 5.41) is 4.34. The Morgan fingerprint density at radius 1 is 0.971 bits per heavy atom. The summed E-state index contributed by atoms with van der Waals surface area (Å²) in [4.78, 5) is 49.5. The van der Waals surface area contributed by atoms with Crippen molar-refractivity contribution in [1.29, 1.82) is 0 Å². The Kier molecular flexibility index (Phi) is 6.30. The van der Waals surface area contributed by atoms with Gasteiger partial charge in [-0.15, -0.1) is 0 Å². The number of benzene rings is 1. The molecule has 4 rings (SSSR count). The molecule has 1 N–H and O–H groups in total. The molecule has 3 fully saturated rings. The molecule has 182 valence electrons. The maximum atomic E-state index is 15.0. The van der Waals surface area contributed by atoms with Crippen molar-refractivity contribution in [3.05, 3.63) is 35.7 Å². The van der Waals surface area contributed by atoms with Crippen LogP contribution in [0, 0.1) is 11.6 Å². The summed E-state index contributed by atoms with van der Waals surface area (Å²) in [7, 11) is 0.